The first-order valence-electron chi connectivity index (χ1n) is 7.48. The first kappa shape index (κ1) is 15.6. The number of para-hydroxylation sites is 1. The van der Waals surface area contributed by atoms with E-state index in [-0.39, 0.29) is 5.96 Å². The van der Waals surface area contributed by atoms with E-state index in [1.807, 2.05) is 36.4 Å². The summed E-state index contributed by atoms with van der Waals surface area (Å²) >= 11 is 0. The van der Waals surface area contributed by atoms with Crippen molar-refractivity contribution in [3.05, 3.63) is 64.5 Å². The van der Waals surface area contributed by atoms with Gasteiger partial charge in [0, 0.05) is 16.6 Å². The Kier molecular flexibility index (Phi) is 4.47. The maximum Gasteiger partial charge on any atom is 0.413 e. The van der Waals surface area contributed by atoms with Gasteiger partial charge in [0.1, 0.15) is 0 Å². The summed E-state index contributed by atoms with van der Waals surface area (Å²) in [7, 11) is 1.27. The number of guanidine groups is 1. The molecule has 2 aromatic rings. The Balaban J connectivity index is 1.99. The van der Waals surface area contributed by atoms with E-state index in [4.69, 9.17) is 5.73 Å². The van der Waals surface area contributed by atoms with Gasteiger partial charge in [0.05, 0.1) is 13.7 Å². The zero-order chi connectivity index (χ0) is 16.9. The molecule has 2 aromatic carbocycles. The van der Waals surface area contributed by atoms with Crippen LogP contribution in [-0.4, -0.2) is 25.7 Å². The molecule has 0 saturated carbocycles. The number of nitrogens with one attached hydrogen (secondary N) is 2. The molecule has 0 spiro atoms. The number of carbonyl (C=O) groups excluding carboxylic acids is 1. The third kappa shape index (κ3) is 3.38. The smallest absolute Gasteiger partial charge is 0.413 e. The van der Waals surface area contributed by atoms with E-state index in [0.29, 0.717) is 6.54 Å². The summed E-state index contributed by atoms with van der Waals surface area (Å²) in [6, 6.07) is 16.1. The monoisotopic (exact) mass is 322 g/mol. The minimum absolute atomic E-state index is 0.00939. The van der Waals surface area contributed by atoms with E-state index in [0.717, 1.165) is 27.4 Å². The molecule has 1 heterocycles. The lowest BCUT2D eigenvalue weighted by Crippen LogP contribution is -2.37. The first-order valence-corrected chi connectivity index (χ1v) is 7.48. The van der Waals surface area contributed by atoms with Crippen molar-refractivity contribution in [3.8, 4) is 0 Å². The molecule has 1 amide bonds. The zero-order valence-electron chi connectivity index (χ0n) is 13.2. The minimum atomic E-state index is -0.644. The van der Waals surface area contributed by atoms with Crippen LogP contribution in [0.15, 0.2) is 53.5 Å². The number of nitrogens with two attached hydrogens (primary N) is 1. The third-order valence-electron chi connectivity index (χ3n) is 3.67. The number of hydrogen-bond donors (Lipinski definition) is 3. The Morgan fingerprint density at radius 3 is 2.79 bits per heavy atom. The number of amides is 1. The second-order valence-electron chi connectivity index (χ2n) is 5.24. The maximum absolute atomic E-state index is 11.2. The van der Waals surface area contributed by atoms with Gasteiger partial charge in [-0.15, -0.1) is 0 Å². The van der Waals surface area contributed by atoms with E-state index in [1.54, 1.807) is 0 Å². The summed E-state index contributed by atoms with van der Waals surface area (Å²) in [6.07, 6.45) is 1.49. The van der Waals surface area contributed by atoms with Crippen LogP contribution in [0.5, 0.6) is 0 Å². The number of benzene rings is 2. The largest absolute Gasteiger partial charge is 0.453 e. The molecule has 1 aliphatic rings. The average Bonchev–Trinajstić information content (AvgIpc) is 2.76. The van der Waals surface area contributed by atoms with E-state index in [1.165, 1.54) is 7.11 Å². The van der Waals surface area contributed by atoms with Crippen LogP contribution in [0.25, 0.3) is 11.8 Å². The van der Waals surface area contributed by atoms with Gasteiger partial charge in [0.15, 0.2) is 5.96 Å². The van der Waals surface area contributed by atoms with Crippen molar-refractivity contribution in [1.82, 2.24) is 5.32 Å². The second-order valence-corrected chi connectivity index (χ2v) is 5.24. The van der Waals surface area contributed by atoms with E-state index in [2.05, 4.69) is 38.6 Å². The third-order valence-corrected chi connectivity index (χ3v) is 3.67. The van der Waals surface area contributed by atoms with Crippen LogP contribution in [0.4, 0.5) is 10.5 Å². The molecule has 4 N–H and O–H groups in total. The highest BCUT2D eigenvalue weighted by Crippen LogP contribution is 2.19. The molecule has 0 unspecified atom stereocenters. The zero-order valence-corrected chi connectivity index (χ0v) is 13.2. The van der Waals surface area contributed by atoms with Crippen molar-refractivity contribution < 1.29 is 9.53 Å². The second kappa shape index (κ2) is 6.87. The lowest BCUT2D eigenvalue weighted by atomic mass is 10.1. The highest BCUT2D eigenvalue weighted by atomic mass is 16.5. The highest BCUT2D eigenvalue weighted by molar-refractivity contribution is 5.93. The van der Waals surface area contributed by atoms with Crippen LogP contribution in [0, 0.1) is 0 Å². The van der Waals surface area contributed by atoms with Crippen LogP contribution < -0.4 is 26.8 Å². The lowest BCUT2D eigenvalue weighted by molar-refractivity contribution is 0.176. The Bertz CT molecular complexity index is 919. The lowest BCUT2D eigenvalue weighted by Gasteiger charge is -2.11. The normalized spacial score (nSPS) is 12.9. The molecule has 0 aromatic heterocycles. The van der Waals surface area contributed by atoms with Gasteiger partial charge in [0.2, 0.25) is 0 Å². The molecular weight excluding hydrogens is 304 g/mol. The summed E-state index contributed by atoms with van der Waals surface area (Å²) in [6.45, 7) is 0.301. The Hall–Kier alpha value is -3.28. The van der Waals surface area contributed by atoms with Gasteiger partial charge in [-0.1, -0.05) is 42.5 Å². The molecule has 0 aliphatic carbocycles. The van der Waals surface area contributed by atoms with E-state index < -0.39 is 6.09 Å². The van der Waals surface area contributed by atoms with Crippen molar-refractivity contribution in [2.45, 2.75) is 0 Å². The molecule has 24 heavy (non-hydrogen) atoms. The van der Waals surface area contributed by atoms with Crippen molar-refractivity contribution >= 4 is 29.5 Å². The van der Waals surface area contributed by atoms with Gasteiger partial charge >= 0.3 is 6.09 Å². The predicted molar refractivity (Wildman–Crippen MR) is 94.8 cm³/mol. The highest BCUT2D eigenvalue weighted by Gasteiger charge is 2.08. The molecule has 6 heteroatoms. The molecular formula is C18H18N4O2. The summed E-state index contributed by atoms with van der Waals surface area (Å²) in [4.78, 5) is 15.4. The summed E-state index contributed by atoms with van der Waals surface area (Å²) < 4.78 is 4.50. The quantitative estimate of drug-likeness (QED) is 0.561. The number of anilines is 1. The number of methoxy groups -OCH3 is 1. The Morgan fingerprint density at radius 1 is 1.21 bits per heavy atom. The fourth-order valence-electron chi connectivity index (χ4n) is 2.52. The molecule has 0 radical (unpaired) electrons. The summed E-state index contributed by atoms with van der Waals surface area (Å²) in [5, 5.41) is 7.90. The molecule has 0 atom stereocenters. The van der Waals surface area contributed by atoms with Gasteiger partial charge in [-0.3, -0.25) is 5.32 Å². The molecule has 0 saturated heterocycles. The fourth-order valence-corrected chi connectivity index (χ4v) is 2.52. The maximum atomic E-state index is 11.2. The SMILES string of the molecule is COC(=O)NC(N)=NCC1=c2ccccc2=Cc2ccccc2N1. The van der Waals surface area contributed by atoms with Gasteiger partial charge in [-0.25, -0.2) is 9.79 Å². The fraction of sp³-hybridized carbons (Fsp3) is 0.111. The van der Waals surface area contributed by atoms with Crippen molar-refractivity contribution in [2.24, 2.45) is 10.7 Å². The van der Waals surface area contributed by atoms with Crippen LogP contribution in [0.3, 0.4) is 0 Å². The topological polar surface area (TPSA) is 88.7 Å². The number of rotatable bonds is 2. The first-order chi connectivity index (χ1) is 11.7. The van der Waals surface area contributed by atoms with Gasteiger partial charge in [0.25, 0.3) is 0 Å². The number of alkyl carbamates (subject to hydrolysis) is 1. The van der Waals surface area contributed by atoms with Crippen LogP contribution >= 0.6 is 0 Å². The van der Waals surface area contributed by atoms with Gasteiger partial charge in [-0.2, -0.15) is 0 Å². The average molecular weight is 322 g/mol. The molecule has 122 valence electrons. The number of nitrogens with zero attached hydrogens (tertiary/aromatic N) is 1. The Labute approximate surface area is 139 Å². The summed E-state index contributed by atoms with van der Waals surface area (Å²) in [5.41, 5.74) is 8.71. The standard InChI is InChI=1S/C18H18N4O2/c1-24-18(23)22-17(19)20-11-16-14-8-4-2-6-12(14)10-13-7-3-5-9-15(13)21-16/h2-10,21H,11H2,1H3,(H3,19,20,22,23). The molecule has 6 nitrogen and oxygen atoms in total. The number of hydrogen-bond acceptors (Lipinski definition) is 4. The number of carbonyl (C=O) groups is 1. The van der Waals surface area contributed by atoms with Crippen molar-refractivity contribution in [3.63, 3.8) is 0 Å². The number of aliphatic imine (C=N–C) groups is 1. The van der Waals surface area contributed by atoms with E-state index >= 15 is 0 Å². The minimum Gasteiger partial charge on any atom is -0.453 e. The summed E-state index contributed by atoms with van der Waals surface area (Å²) in [5.74, 6) is 0.00939. The van der Waals surface area contributed by atoms with Crippen LogP contribution in [0.1, 0.15) is 5.56 Å². The van der Waals surface area contributed by atoms with Crippen LogP contribution in [0.2, 0.25) is 0 Å². The number of fused-ring (bicyclic) bond motifs is 2. The van der Waals surface area contributed by atoms with Crippen LogP contribution in [-0.2, 0) is 4.74 Å². The molecule has 1 aliphatic heterocycles. The Morgan fingerprint density at radius 2 is 1.96 bits per heavy atom. The molecule has 0 bridgehead atoms. The number of ether oxygens (including phenoxy) is 1. The molecule has 3 rings (SSSR count). The molecule has 0 fully saturated rings. The van der Waals surface area contributed by atoms with Gasteiger partial charge in [-0.05, 0) is 22.9 Å². The van der Waals surface area contributed by atoms with Gasteiger partial charge < -0.3 is 15.8 Å². The van der Waals surface area contributed by atoms with Crippen molar-refractivity contribution in [2.75, 3.05) is 19.0 Å². The predicted octanol–water partition coefficient (Wildman–Crippen LogP) is 0.720. The van der Waals surface area contributed by atoms with Crippen molar-refractivity contribution in [1.29, 1.82) is 0 Å². The van der Waals surface area contributed by atoms with E-state index in [9.17, 15) is 4.79 Å².